The lowest BCUT2D eigenvalue weighted by Crippen LogP contribution is -2.30. The highest BCUT2D eigenvalue weighted by molar-refractivity contribution is 5.73. The molecule has 4 nitrogen and oxygen atoms in total. The number of benzene rings is 1. The quantitative estimate of drug-likeness (QED) is 0.698. The van der Waals surface area contributed by atoms with Crippen molar-refractivity contribution in [2.45, 2.75) is 31.9 Å². The van der Waals surface area contributed by atoms with E-state index in [-0.39, 0.29) is 16.7 Å². The highest BCUT2D eigenvalue weighted by Crippen LogP contribution is 2.31. The van der Waals surface area contributed by atoms with Gasteiger partial charge in [0.2, 0.25) is 0 Å². The Hall–Kier alpha value is -2.05. The Morgan fingerprint density at radius 3 is 2.60 bits per heavy atom. The van der Waals surface area contributed by atoms with E-state index in [0.717, 1.165) is 31.0 Å². The molecule has 0 radical (unpaired) electrons. The van der Waals surface area contributed by atoms with Crippen LogP contribution in [0.4, 0.5) is 13.2 Å². The molecule has 20 heavy (non-hydrogen) atoms. The number of rotatable bonds is 0. The molecule has 0 atom stereocenters. The molecule has 106 valence electrons. The average molecular weight is 284 g/mol. The number of fused-ring (bicyclic) bond motifs is 2. The molecule has 0 unspecified atom stereocenters. The molecule has 0 saturated carbocycles. The van der Waals surface area contributed by atoms with E-state index in [4.69, 9.17) is 0 Å². The summed E-state index contributed by atoms with van der Waals surface area (Å²) >= 11 is 0. The minimum absolute atomic E-state index is 0.0198. The van der Waals surface area contributed by atoms with E-state index >= 15 is 0 Å². The summed E-state index contributed by atoms with van der Waals surface area (Å²) < 4.78 is 39.1. The molecule has 2 aromatic rings. The Morgan fingerprint density at radius 2 is 1.90 bits per heavy atom. The summed E-state index contributed by atoms with van der Waals surface area (Å²) in [6.45, 7) is 0. The van der Waals surface area contributed by atoms with Crippen LogP contribution in [0.2, 0.25) is 0 Å². The largest absolute Gasteiger partial charge is 0.805 e. The summed E-state index contributed by atoms with van der Waals surface area (Å²) in [7, 11) is 0. The van der Waals surface area contributed by atoms with Gasteiger partial charge in [-0.1, -0.05) is 0 Å². The van der Waals surface area contributed by atoms with E-state index in [1.54, 1.807) is 0 Å². The van der Waals surface area contributed by atoms with Gasteiger partial charge in [-0.2, -0.15) is 13.2 Å². The molecule has 1 aromatic heterocycles. The van der Waals surface area contributed by atoms with Gasteiger partial charge in [0.15, 0.2) is 0 Å². The zero-order chi connectivity index (χ0) is 14.5. The van der Waals surface area contributed by atoms with Crippen molar-refractivity contribution >= 4 is 11.0 Å². The lowest BCUT2D eigenvalue weighted by molar-refractivity contribution is -0.476. The second-order valence-electron chi connectivity index (χ2n) is 4.89. The summed E-state index contributed by atoms with van der Waals surface area (Å²) in [6.07, 6.45) is -2.06. The molecule has 0 N–H and O–H groups in total. The minimum atomic E-state index is -4.54. The first kappa shape index (κ1) is 13.0. The standard InChI is InChI=1S/C13H11F3N2O2/c14-13(15,16)8-5-6-11-12(7-8)18(20)10-4-2-1-3-9(10)17(11)19/h5-7H,1-4H2. The molecular weight excluding hydrogens is 273 g/mol. The third-order valence-electron chi connectivity index (χ3n) is 3.64. The first-order valence-corrected chi connectivity index (χ1v) is 6.27. The fourth-order valence-electron chi connectivity index (χ4n) is 2.64. The molecule has 0 fully saturated rings. The van der Waals surface area contributed by atoms with Gasteiger partial charge < -0.3 is 9.94 Å². The van der Waals surface area contributed by atoms with Gasteiger partial charge in [0.05, 0.1) is 15.7 Å². The zero-order valence-corrected chi connectivity index (χ0v) is 10.4. The number of aromatic nitrogens is 2. The lowest BCUT2D eigenvalue weighted by Gasteiger charge is -2.22. The summed E-state index contributed by atoms with van der Waals surface area (Å²) in [5, 5.41) is 12.2. The zero-order valence-electron chi connectivity index (χ0n) is 10.4. The van der Waals surface area contributed by atoms with Gasteiger partial charge in [0.1, 0.15) is 5.52 Å². The van der Waals surface area contributed by atoms with Crippen LogP contribution in [-0.2, 0) is 19.0 Å². The van der Waals surface area contributed by atoms with E-state index in [1.165, 1.54) is 0 Å². The molecule has 0 aliphatic heterocycles. The summed E-state index contributed by atoms with van der Waals surface area (Å²) in [5.74, 6) is 0. The normalized spacial score (nSPS) is 15.3. The molecule has 7 heteroatoms. The number of hydrogen-bond donors (Lipinski definition) is 0. The highest BCUT2D eigenvalue weighted by Gasteiger charge is 2.32. The van der Waals surface area contributed by atoms with Gasteiger partial charge in [-0.15, -0.1) is 0 Å². The van der Waals surface area contributed by atoms with Crippen LogP contribution in [0.3, 0.4) is 0 Å². The van der Waals surface area contributed by atoms with Gasteiger partial charge in [0, 0.05) is 17.4 Å². The topological polar surface area (TPSA) is 51.0 Å². The second kappa shape index (κ2) is 4.22. The van der Waals surface area contributed by atoms with E-state index in [0.29, 0.717) is 27.7 Å². The molecule has 0 bridgehead atoms. The monoisotopic (exact) mass is 284 g/mol. The highest BCUT2D eigenvalue weighted by atomic mass is 19.4. The summed E-state index contributed by atoms with van der Waals surface area (Å²) in [5.41, 5.74) is -0.508. The molecule has 1 aliphatic rings. The van der Waals surface area contributed by atoms with Crippen molar-refractivity contribution in [2.75, 3.05) is 0 Å². The molecule has 1 heterocycles. The molecule has 0 amide bonds. The Kier molecular flexibility index (Phi) is 2.74. The van der Waals surface area contributed by atoms with Crippen molar-refractivity contribution in [3.05, 3.63) is 45.3 Å². The predicted molar refractivity (Wildman–Crippen MR) is 65.7 cm³/mol. The van der Waals surface area contributed by atoms with Gasteiger partial charge in [-0.3, -0.25) is 0 Å². The van der Waals surface area contributed by atoms with Gasteiger partial charge in [0.25, 0.3) is 11.2 Å². The Bertz CT molecular complexity index is 750. The van der Waals surface area contributed by atoms with Gasteiger partial charge >= 0.3 is 6.18 Å². The van der Waals surface area contributed by atoms with E-state index in [2.05, 4.69) is 0 Å². The van der Waals surface area contributed by atoms with Crippen molar-refractivity contribution in [3.63, 3.8) is 0 Å². The molecule has 3 rings (SSSR count). The molecule has 0 spiro atoms. The SMILES string of the molecule is O=[n+]1c2c(n([O-])c3cc(C(F)(F)F)ccc31)CCCC2. The fraction of sp³-hybridized carbons (Fsp3) is 0.385. The Balaban J connectivity index is 2.36. The molecule has 0 saturated heterocycles. The molecule has 1 aromatic carbocycles. The predicted octanol–water partition coefficient (Wildman–Crippen LogP) is 2.80. The number of alkyl halides is 3. The Morgan fingerprint density at radius 1 is 1.20 bits per heavy atom. The van der Waals surface area contributed by atoms with Crippen LogP contribution in [0.5, 0.6) is 0 Å². The second-order valence-corrected chi connectivity index (χ2v) is 4.89. The third kappa shape index (κ3) is 1.85. The van der Waals surface area contributed by atoms with Gasteiger partial charge in [-0.25, -0.2) is 0 Å². The van der Waals surface area contributed by atoms with Crippen LogP contribution in [0.15, 0.2) is 18.2 Å². The maximum atomic E-state index is 12.7. The van der Waals surface area contributed by atoms with Crippen molar-refractivity contribution in [1.29, 1.82) is 0 Å². The van der Waals surface area contributed by atoms with Crippen LogP contribution in [-0.4, -0.2) is 4.73 Å². The van der Waals surface area contributed by atoms with Crippen LogP contribution in [0.25, 0.3) is 11.0 Å². The van der Waals surface area contributed by atoms with E-state index in [1.807, 2.05) is 0 Å². The van der Waals surface area contributed by atoms with Gasteiger partial charge in [-0.05, 0) is 31.4 Å². The first-order valence-electron chi connectivity index (χ1n) is 6.27. The minimum Gasteiger partial charge on any atom is -0.805 e. The maximum absolute atomic E-state index is 12.7. The number of nitrogens with zero attached hydrogens (tertiary/aromatic N) is 2. The van der Waals surface area contributed by atoms with Crippen LogP contribution in [0, 0.1) is 10.1 Å². The van der Waals surface area contributed by atoms with E-state index < -0.39 is 11.7 Å². The van der Waals surface area contributed by atoms with Crippen LogP contribution in [0.1, 0.15) is 29.8 Å². The fourth-order valence-corrected chi connectivity index (χ4v) is 2.64. The lowest BCUT2D eigenvalue weighted by atomic mass is 10.00. The summed E-state index contributed by atoms with van der Waals surface area (Å²) in [6, 6.07) is 2.63. The number of halogens is 3. The maximum Gasteiger partial charge on any atom is 0.416 e. The third-order valence-corrected chi connectivity index (χ3v) is 3.64. The first-order chi connectivity index (χ1) is 9.39. The van der Waals surface area contributed by atoms with Crippen molar-refractivity contribution in [1.82, 2.24) is 4.73 Å². The van der Waals surface area contributed by atoms with Crippen molar-refractivity contribution < 1.29 is 17.6 Å². The van der Waals surface area contributed by atoms with E-state index in [9.17, 15) is 23.3 Å². The van der Waals surface area contributed by atoms with Crippen LogP contribution >= 0.6 is 0 Å². The average Bonchev–Trinajstić information content (AvgIpc) is 2.43. The van der Waals surface area contributed by atoms with Crippen LogP contribution < -0.4 is 4.43 Å². The molecule has 1 aliphatic carbocycles. The Labute approximate surface area is 111 Å². The smallest absolute Gasteiger partial charge is 0.416 e. The van der Waals surface area contributed by atoms with Crippen molar-refractivity contribution in [3.8, 4) is 0 Å². The van der Waals surface area contributed by atoms with Crippen molar-refractivity contribution in [2.24, 2.45) is 0 Å². The number of hydrogen-bond acceptors (Lipinski definition) is 2. The molecular formula is C13H11F3N2O2. The summed E-state index contributed by atoms with van der Waals surface area (Å²) in [4.78, 5) is 12.2.